The van der Waals surface area contributed by atoms with Crippen LogP contribution in [0.5, 0.6) is 5.75 Å². The number of aromatic nitrogens is 1. The van der Waals surface area contributed by atoms with Crippen molar-refractivity contribution in [2.45, 2.75) is 44.6 Å². The number of hydrogen-bond donors (Lipinski definition) is 0. The highest BCUT2D eigenvalue weighted by Gasteiger charge is 2.34. The van der Waals surface area contributed by atoms with Crippen LogP contribution in [-0.2, 0) is 0 Å². The molecule has 2 aliphatic rings. The molecule has 3 nitrogen and oxygen atoms in total. The van der Waals surface area contributed by atoms with Crippen molar-refractivity contribution >= 4 is 0 Å². The Morgan fingerprint density at radius 2 is 1.88 bits per heavy atom. The van der Waals surface area contributed by atoms with Crippen molar-refractivity contribution in [3.8, 4) is 17.0 Å². The second-order valence-electron chi connectivity index (χ2n) is 7.38. The summed E-state index contributed by atoms with van der Waals surface area (Å²) in [7, 11) is 0. The fourth-order valence-corrected chi connectivity index (χ4v) is 4.55. The molecule has 0 radical (unpaired) electrons. The minimum absolute atomic E-state index is 0.802. The first-order valence-corrected chi connectivity index (χ1v) is 9.78. The molecule has 132 valence electrons. The van der Waals surface area contributed by atoms with Crippen LogP contribution < -0.4 is 4.74 Å². The zero-order chi connectivity index (χ0) is 16.9. The number of pyridine rings is 1. The smallest absolute Gasteiger partial charge is 0.119 e. The van der Waals surface area contributed by atoms with Crippen LogP contribution in [0.4, 0.5) is 0 Å². The number of nitrogens with zero attached hydrogens (tertiary/aromatic N) is 2. The Morgan fingerprint density at radius 3 is 2.72 bits per heavy atom. The van der Waals surface area contributed by atoms with Gasteiger partial charge in [0.05, 0.1) is 12.3 Å². The average Bonchev–Trinajstić information content (AvgIpc) is 3.16. The first-order valence-electron chi connectivity index (χ1n) is 9.78. The molecule has 4 rings (SSSR count). The molecule has 2 heterocycles. The van der Waals surface area contributed by atoms with E-state index in [4.69, 9.17) is 4.74 Å². The molecule has 0 amide bonds. The third-order valence-electron chi connectivity index (χ3n) is 5.78. The van der Waals surface area contributed by atoms with Gasteiger partial charge in [-0.1, -0.05) is 12.5 Å². The molecule has 1 saturated heterocycles. The van der Waals surface area contributed by atoms with E-state index in [1.54, 1.807) is 0 Å². The minimum Gasteiger partial charge on any atom is -0.494 e. The molecule has 2 atom stereocenters. The Hall–Kier alpha value is -1.87. The lowest BCUT2D eigenvalue weighted by Gasteiger charge is -2.37. The zero-order valence-electron chi connectivity index (χ0n) is 14.9. The van der Waals surface area contributed by atoms with E-state index < -0.39 is 0 Å². The summed E-state index contributed by atoms with van der Waals surface area (Å²) in [5, 5.41) is 0. The molecule has 2 aromatic rings. The lowest BCUT2D eigenvalue weighted by atomic mass is 9.92. The van der Waals surface area contributed by atoms with Crippen molar-refractivity contribution in [3.05, 3.63) is 48.7 Å². The van der Waals surface area contributed by atoms with E-state index in [1.165, 1.54) is 45.2 Å². The normalized spacial score (nSPS) is 23.4. The van der Waals surface area contributed by atoms with Gasteiger partial charge in [-0.25, -0.2) is 0 Å². The van der Waals surface area contributed by atoms with E-state index in [-0.39, 0.29) is 0 Å². The van der Waals surface area contributed by atoms with Crippen LogP contribution in [-0.4, -0.2) is 35.6 Å². The van der Waals surface area contributed by atoms with Crippen molar-refractivity contribution in [1.82, 2.24) is 9.88 Å². The molecule has 0 N–H and O–H groups in total. The Bertz CT molecular complexity index is 655. The predicted octanol–water partition coefficient (Wildman–Crippen LogP) is 4.78. The summed E-state index contributed by atoms with van der Waals surface area (Å²) in [5.74, 6) is 1.94. The molecule has 0 spiro atoms. The summed E-state index contributed by atoms with van der Waals surface area (Å²) in [6.07, 6.45) is 10.1. The van der Waals surface area contributed by atoms with E-state index in [1.807, 2.05) is 24.4 Å². The molecule has 1 saturated carbocycles. The number of fused-ring (bicyclic) bond motifs is 1. The Labute approximate surface area is 151 Å². The van der Waals surface area contributed by atoms with Gasteiger partial charge in [0.2, 0.25) is 0 Å². The topological polar surface area (TPSA) is 25.4 Å². The first kappa shape index (κ1) is 16.6. The second-order valence-corrected chi connectivity index (χ2v) is 7.38. The lowest BCUT2D eigenvalue weighted by molar-refractivity contribution is 0.106. The first-order chi connectivity index (χ1) is 12.4. The quantitative estimate of drug-likeness (QED) is 0.710. The summed E-state index contributed by atoms with van der Waals surface area (Å²) in [6.45, 7) is 3.28. The maximum absolute atomic E-state index is 5.95. The van der Waals surface area contributed by atoms with E-state index in [9.17, 15) is 0 Å². The van der Waals surface area contributed by atoms with Gasteiger partial charge in [-0.2, -0.15) is 0 Å². The van der Waals surface area contributed by atoms with Crippen LogP contribution >= 0.6 is 0 Å². The molecule has 1 aromatic carbocycles. The Kier molecular flexibility index (Phi) is 5.31. The van der Waals surface area contributed by atoms with Gasteiger partial charge in [-0.05, 0) is 81.0 Å². The van der Waals surface area contributed by atoms with Gasteiger partial charge in [0.15, 0.2) is 0 Å². The lowest BCUT2D eigenvalue weighted by Crippen LogP contribution is -2.43. The fourth-order valence-electron chi connectivity index (χ4n) is 4.55. The Balaban J connectivity index is 1.23. The second kappa shape index (κ2) is 8.01. The number of ether oxygens (including phenoxy) is 1. The molecule has 1 aromatic heterocycles. The van der Waals surface area contributed by atoms with Gasteiger partial charge in [-0.3, -0.25) is 9.88 Å². The van der Waals surface area contributed by atoms with Crippen LogP contribution in [0.25, 0.3) is 11.3 Å². The standard InChI is InChI=1S/C22H28N2O/c1-2-14-23-21(8-1)18-10-12-20(13-11-18)25-17-5-16-24-15-4-7-19-6-3-9-22(19)24/h1-2,8,10-14,19,22H,3-7,9,15-17H2. The third-order valence-corrected chi connectivity index (χ3v) is 5.78. The molecule has 3 heteroatoms. The molecule has 2 fully saturated rings. The van der Waals surface area contributed by atoms with Crippen molar-refractivity contribution in [2.75, 3.05) is 19.7 Å². The molecule has 2 unspecified atom stereocenters. The van der Waals surface area contributed by atoms with Crippen LogP contribution in [0.3, 0.4) is 0 Å². The fraction of sp³-hybridized carbons (Fsp3) is 0.500. The minimum atomic E-state index is 0.802. The number of likely N-dealkylation sites (tertiary alicyclic amines) is 1. The number of hydrogen-bond acceptors (Lipinski definition) is 3. The van der Waals surface area contributed by atoms with Crippen molar-refractivity contribution in [3.63, 3.8) is 0 Å². The van der Waals surface area contributed by atoms with Gasteiger partial charge in [0.1, 0.15) is 5.75 Å². The highest BCUT2D eigenvalue weighted by molar-refractivity contribution is 5.59. The van der Waals surface area contributed by atoms with E-state index in [2.05, 4.69) is 34.1 Å². The van der Waals surface area contributed by atoms with Crippen LogP contribution in [0.2, 0.25) is 0 Å². The predicted molar refractivity (Wildman–Crippen MR) is 102 cm³/mol. The SMILES string of the molecule is c1ccc(-c2ccc(OCCCN3CCCC4CCCC43)cc2)nc1. The van der Waals surface area contributed by atoms with Crippen LogP contribution in [0.15, 0.2) is 48.7 Å². The molecular weight excluding hydrogens is 308 g/mol. The largest absolute Gasteiger partial charge is 0.494 e. The van der Waals surface area contributed by atoms with Gasteiger partial charge in [0, 0.05) is 24.3 Å². The number of benzene rings is 1. The molecular formula is C22H28N2O. The highest BCUT2D eigenvalue weighted by atomic mass is 16.5. The van der Waals surface area contributed by atoms with Gasteiger partial charge in [-0.15, -0.1) is 0 Å². The number of piperidine rings is 1. The van der Waals surface area contributed by atoms with E-state index >= 15 is 0 Å². The highest BCUT2D eigenvalue weighted by Crippen LogP contribution is 2.36. The molecule has 0 bridgehead atoms. The molecule has 25 heavy (non-hydrogen) atoms. The summed E-state index contributed by atoms with van der Waals surface area (Å²) >= 11 is 0. The van der Waals surface area contributed by atoms with Gasteiger partial charge in [0.25, 0.3) is 0 Å². The zero-order valence-corrected chi connectivity index (χ0v) is 14.9. The van der Waals surface area contributed by atoms with Crippen LogP contribution in [0.1, 0.15) is 38.5 Å². The maximum Gasteiger partial charge on any atom is 0.119 e. The summed E-state index contributed by atoms with van der Waals surface area (Å²) in [5.41, 5.74) is 2.14. The summed E-state index contributed by atoms with van der Waals surface area (Å²) < 4.78 is 5.95. The van der Waals surface area contributed by atoms with Crippen LogP contribution in [0, 0.1) is 5.92 Å². The van der Waals surface area contributed by atoms with E-state index in [0.717, 1.165) is 42.0 Å². The third kappa shape index (κ3) is 4.04. The van der Waals surface area contributed by atoms with Crippen molar-refractivity contribution in [1.29, 1.82) is 0 Å². The van der Waals surface area contributed by atoms with Gasteiger partial charge < -0.3 is 4.74 Å². The molecule has 1 aliphatic carbocycles. The Morgan fingerprint density at radius 1 is 1.00 bits per heavy atom. The summed E-state index contributed by atoms with van der Waals surface area (Å²) in [6, 6.07) is 15.1. The van der Waals surface area contributed by atoms with Gasteiger partial charge >= 0.3 is 0 Å². The number of rotatable bonds is 6. The maximum atomic E-state index is 5.95. The summed E-state index contributed by atoms with van der Waals surface area (Å²) in [4.78, 5) is 7.12. The van der Waals surface area contributed by atoms with Crippen molar-refractivity contribution < 1.29 is 4.74 Å². The van der Waals surface area contributed by atoms with Crippen molar-refractivity contribution in [2.24, 2.45) is 5.92 Å². The molecule has 1 aliphatic heterocycles. The average molecular weight is 336 g/mol. The van der Waals surface area contributed by atoms with E-state index in [0.29, 0.717) is 0 Å². The monoisotopic (exact) mass is 336 g/mol.